The van der Waals surface area contributed by atoms with Crippen molar-refractivity contribution in [2.45, 2.75) is 45.3 Å². The average Bonchev–Trinajstić information content (AvgIpc) is 2.16. The molecule has 1 unspecified atom stereocenters. The van der Waals surface area contributed by atoms with Crippen molar-refractivity contribution in [3.05, 3.63) is 0 Å². The number of rotatable bonds is 7. The van der Waals surface area contributed by atoms with Gasteiger partial charge in [0.2, 0.25) is 0 Å². The van der Waals surface area contributed by atoms with E-state index in [0.717, 1.165) is 12.8 Å². The number of carbonyl (C=O) groups excluding carboxylic acids is 1. The van der Waals surface area contributed by atoms with Crippen molar-refractivity contribution in [1.82, 2.24) is 0 Å². The monoisotopic (exact) mass is 236 g/mol. The lowest BCUT2D eigenvalue weighted by Crippen LogP contribution is -2.26. The Morgan fingerprint density at radius 3 is 2.40 bits per heavy atom. The van der Waals surface area contributed by atoms with E-state index >= 15 is 0 Å². The van der Waals surface area contributed by atoms with Crippen molar-refractivity contribution in [1.29, 1.82) is 0 Å². The van der Waals surface area contributed by atoms with Crippen molar-refractivity contribution in [3.63, 3.8) is 0 Å². The molecule has 0 radical (unpaired) electrons. The normalized spacial score (nSPS) is 13.5. The van der Waals surface area contributed by atoms with Gasteiger partial charge < -0.3 is 4.74 Å². The molecular formula is C10H20O4S. The summed E-state index contributed by atoms with van der Waals surface area (Å²) in [4.78, 5) is 11.2. The smallest absolute Gasteiger partial charge is 0.321 e. The van der Waals surface area contributed by atoms with Crippen LogP contribution in [0.1, 0.15) is 40.0 Å². The molecule has 90 valence electrons. The second kappa shape index (κ2) is 6.82. The number of hydrogen-bond acceptors (Lipinski definition) is 4. The maximum absolute atomic E-state index is 11.5. The zero-order valence-corrected chi connectivity index (χ0v) is 10.5. The summed E-state index contributed by atoms with van der Waals surface area (Å²) in [6, 6.07) is 0. The van der Waals surface area contributed by atoms with E-state index in [1.165, 1.54) is 0 Å². The van der Waals surface area contributed by atoms with Crippen molar-refractivity contribution in [3.8, 4) is 0 Å². The molecule has 4 nitrogen and oxygen atoms in total. The summed E-state index contributed by atoms with van der Waals surface area (Å²) < 4.78 is 27.8. The molecule has 1 atom stereocenters. The summed E-state index contributed by atoms with van der Waals surface area (Å²) in [5.41, 5.74) is 0. The van der Waals surface area contributed by atoms with Crippen LogP contribution in [0.5, 0.6) is 0 Å². The fraction of sp³-hybridized carbons (Fsp3) is 0.900. The molecule has 15 heavy (non-hydrogen) atoms. The van der Waals surface area contributed by atoms with Crippen molar-refractivity contribution < 1.29 is 17.9 Å². The molecule has 0 amide bonds. The molecule has 0 rings (SSSR count). The number of unbranched alkanes of at least 4 members (excludes halogenated alkanes) is 1. The van der Waals surface area contributed by atoms with Gasteiger partial charge in [0.1, 0.15) is 5.75 Å². The Bertz CT molecular complexity index is 282. The Labute approximate surface area is 91.9 Å². The minimum atomic E-state index is -3.32. The molecule has 0 aliphatic rings. The predicted molar refractivity (Wildman–Crippen MR) is 59.4 cm³/mol. The maximum atomic E-state index is 11.5. The molecule has 0 aliphatic heterocycles. The molecule has 0 aliphatic carbocycles. The van der Waals surface area contributed by atoms with Gasteiger partial charge in [-0.05, 0) is 19.8 Å². The second-order valence-corrected chi connectivity index (χ2v) is 6.02. The molecule has 0 aromatic heterocycles. The van der Waals surface area contributed by atoms with Gasteiger partial charge in [-0.3, -0.25) is 4.79 Å². The molecule has 0 bridgehead atoms. The van der Waals surface area contributed by atoms with Gasteiger partial charge >= 0.3 is 5.97 Å². The Balaban J connectivity index is 4.06. The average molecular weight is 236 g/mol. The topological polar surface area (TPSA) is 60.4 Å². The lowest BCUT2D eigenvalue weighted by atomic mass is 10.4. The Morgan fingerprint density at radius 1 is 1.33 bits per heavy atom. The minimum absolute atomic E-state index is 0.311. The third kappa shape index (κ3) is 5.77. The Hall–Kier alpha value is -0.580. The van der Waals surface area contributed by atoms with Crippen LogP contribution in [-0.4, -0.2) is 32.0 Å². The molecule has 0 spiro atoms. The lowest BCUT2D eigenvalue weighted by molar-refractivity contribution is -0.140. The van der Waals surface area contributed by atoms with Crippen LogP contribution in [0.2, 0.25) is 0 Å². The summed E-state index contributed by atoms with van der Waals surface area (Å²) in [5.74, 6) is -1.13. The van der Waals surface area contributed by atoms with E-state index in [1.807, 2.05) is 6.92 Å². The molecule has 0 saturated heterocycles. The van der Waals surface area contributed by atoms with Gasteiger partial charge in [0.25, 0.3) is 0 Å². The molecular weight excluding hydrogens is 216 g/mol. The van der Waals surface area contributed by atoms with Crippen LogP contribution in [0.4, 0.5) is 0 Å². The van der Waals surface area contributed by atoms with Crippen LogP contribution in [0.15, 0.2) is 0 Å². The first-order chi connectivity index (χ1) is 6.94. The van der Waals surface area contributed by atoms with Gasteiger partial charge in [0.15, 0.2) is 9.84 Å². The fourth-order valence-corrected chi connectivity index (χ4v) is 2.14. The largest absolute Gasteiger partial charge is 0.465 e. The highest BCUT2D eigenvalue weighted by Gasteiger charge is 2.23. The molecule has 0 saturated carbocycles. The molecule has 0 aromatic rings. The number of hydrogen-bond donors (Lipinski definition) is 0. The Kier molecular flexibility index (Phi) is 6.56. The van der Waals surface area contributed by atoms with Crippen molar-refractivity contribution >= 4 is 15.8 Å². The van der Waals surface area contributed by atoms with E-state index < -0.39 is 26.8 Å². The van der Waals surface area contributed by atoms with Gasteiger partial charge in [-0.2, -0.15) is 0 Å². The third-order valence-corrected chi connectivity index (χ3v) is 4.47. The standard InChI is InChI=1S/C10H20O4S/c1-4-6-7-14-10(11)8-15(12,13)9(3)5-2/h9H,4-8H2,1-3H3. The van der Waals surface area contributed by atoms with E-state index in [-0.39, 0.29) is 0 Å². The first-order valence-electron chi connectivity index (χ1n) is 5.31. The van der Waals surface area contributed by atoms with E-state index in [4.69, 9.17) is 4.74 Å². The molecule has 5 heteroatoms. The first-order valence-corrected chi connectivity index (χ1v) is 7.02. The van der Waals surface area contributed by atoms with Gasteiger partial charge in [0, 0.05) is 0 Å². The summed E-state index contributed by atoms with van der Waals surface area (Å²) in [6.45, 7) is 5.67. The fourth-order valence-electron chi connectivity index (χ4n) is 0.932. The van der Waals surface area contributed by atoms with Gasteiger partial charge in [-0.1, -0.05) is 20.3 Å². The van der Waals surface area contributed by atoms with E-state index in [1.54, 1.807) is 13.8 Å². The predicted octanol–water partition coefficient (Wildman–Crippen LogP) is 1.54. The van der Waals surface area contributed by atoms with E-state index in [2.05, 4.69) is 0 Å². The highest BCUT2D eigenvalue weighted by Crippen LogP contribution is 2.06. The molecule has 0 aromatic carbocycles. The van der Waals surface area contributed by atoms with Crippen molar-refractivity contribution in [2.75, 3.05) is 12.4 Å². The highest BCUT2D eigenvalue weighted by molar-refractivity contribution is 7.92. The highest BCUT2D eigenvalue weighted by atomic mass is 32.2. The van der Waals surface area contributed by atoms with Crippen molar-refractivity contribution in [2.24, 2.45) is 0 Å². The quantitative estimate of drug-likeness (QED) is 0.497. The minimum Gasteiger partial charge on any atom is -0.465 e. The Morgan fingerprint density at radius 2 is 1.93 bits per heavy atom. The van der Waals surface area contributed by atoms with E-state index in [0.29, 0.717) is 13.0 Å². The summed E-state index contributed by atoms with van der Waals surface area (Å²) in [7, 11) is -3.32. The second-order valence-electron chi connectivity index (χ2n) is 3.60. The van der Waals surface area contributed by atoms with Crippen LogP contribution in [-0.2, 0) is 19.4 Å². The van der Waals surface area contributed by atoms with Gasteiger partial charge in [-0.15, -0.1) is 0 Å². The summed E-state index contributed by atoms with van der Waals surface area (Å²) in [6.07, 6.45) is 2.21. The number of carbonyl (C=O) groups is 1. The van der Waals surface area contributed by atoms with Crippen LogP contribution < -0.4 is 0 Å². The SMILES string of the molecule is CCCCOC(=O)CS(=O)(=O)C(C)CC. The molecule has 0 heterocycles. The maximum Gasteiger partial charge on any atom is 0.321 e. The zero-order valence-electron chi connectivity index (χ0n) is 9.65. The van der Waals surface area contributed by atoms with Crippen LogP contribution >= 0.6 is 0 Å². The zero-order chi connectivity index (χ0) is 11.9. The number of sulfone groups is 1. The number of ether oxygens (including phenoxy) is 1. The number of esters is 1. The van der Waals surface area contributed by atoms with E-state index in [9.17, 15) is 13.2 Å². The lowest BCUT2D eigenvalue weighted by Gasteiger charge is -2.09. The van der Waals surface area contributed by atoms with Gasteiger partial charge in [-0.25, -0.2) is 8.42 Å². The molecule has 0 fully saturated rings. The first kappa shape index (κ1) is 14.4. The van der Waals surface area contributed by atoms with Gasteiger partial charge in [0.05, 0.1) is 11.9 Å². The van der Waals surface area contributed by atoms with Crippen LogP contribution in [0.3, 0.4) is 0 Å². The third-order valence-electron chi connectivity index (χ3n) is 2.27. The summed E-state index contributed by atoms with van der Waals surface area (Å²) in [5, 5.41) is -0.476. The van der Waals surface area contributed by atoms with Crippen LogP contribution in [0.25, 0.3) is 0 Å². The molecule has 0 N–H and O–H groups in total. The van der Waals surface area contributed by atoms with Crippen LogP contribution in [0, 0.1) is 0 Å². The summed E-state index contributed by atoms with van der Waals surface area (Å²) >= 11 is 0.